The van der Waals surface area contributed by atoms with Crippen LogP contribution in [0.2, 0.25) is 0 Å². The number of rotatable bonds is 7. The lowest BCUT2D eigenvalue weighted by Crippen LogP contribution is -2.31. The molecule has 3 aromatic rings. The second kappa shape index (κ2) is 8.52. The maximum absolute atomic E-state index is 12.9. The summed E-state index contributed by atoms with van der Waals surface area (Å²) in [5.41, 5.74) is 3.66. The van der Waals surface area contributed by atoms with Gasteiger partial charge in [-0.2, -0.15) is 4.98 Å². The Morgan fingerprint density at radius 2 is 1.93 bits per heavy atom. The van der Waals surface area contributed by atoms with Crippen molar-refractivity contribution in [3.63, 3.8) is 0 Å². The number of aryl methyl sites for hydroxylation is 2. The quantitative estimate of drug-likeness (QED) is 0.578. The van der Waals surface area contributed by atoms with Gasteiger partial charge in [0.25, 0.3) is 5.91 Å². The number of methoxy groups -OCH3 is 1. The third-order valence-corrected chi connectivity index (χ3v) is 4.53. The minimum Gasteiger partial charge on any atom is -0.497 e. The highest BCUT2D eigenvalue weighted by atomic mass is 16.5. The molecule has 0 unspecified atom stereocenters. The molecule has 1 heterocycles. The Hall–Kier alpha value is -3.41. The van der Waals surface area contributed by atoms with Crippen molar-refractivity contribution in [1.82, 2.24) is 15.0 Å². The fourth-order valence-corrected chi connectivity index (χ4v) is 2.77. The molecule has 6 heteroatoms. The van der Waals surface area contributed by atoms with Crippen molar-refractivity contribution in [2.45, 2.75) is 20.4 Å². The van der Waals surface area contributed by atoms with E-state index in [-0.39, 0.29) is 12.5 Å². The van der Waals surface area contributed by atoms with Gasteiger partial charge in [-0.05, 0) is 61.4 Å². The monoisotopic (exact) mass is 377 g/mol. The maximum Gasteiger partial charge on any atom is 0.254 e. The molecule has 28 heavy (non-hydrogen) atoms. The number of hydrogen-bond donors (Lipinski definition) is 0. The van der Waals surface area contributed by atoms with E-state index >= 15 is 0 Å². The van der Waals surface area contributed by atoms with Crippen molar-refractivity contribution >= 4 is 5.91 Å². The molecule has 2 aromatic carbocycles. The van der Waals surface area contributed by atoms with E-state index in [2.05, 4.69) is 16.7 Å². The molecule has 0 saturated carbocycles. The van der Waals surface area contributed by atoms with Crippen molar-refractivity contribution in [3.8, 4) is 17.1 Å². The predicted octanol–water partition coefficient (Wildman–Crippen LogP) is 4.19. The molecule has 0 radical (unpaired) electrons. The van der Waals surface area contributed by atoms with Gasteiger partial charge in [0, 0.05) is 17.7 Å². The number of aromatic nitrogens is 2. The molecule has 0 bridgehead atoms. The Kier molecular flexibility index (Phi) is 5.89. The minimum absolute atomic E-state index is 0.104. The van der Waals surface area contributed by atoms with Gasteiger partial charge in [0.2, 0.25) is 11.7 Å². The van der Waals surface area contributed by atoms with Gasteiger partial charge in [-0.3, -0.25) is 4.79 Å². The molecule has 0 saturated heterocycles. The van der Waals surface area contributed by atoms with E-state index in [1.54, 1.807) is 18.1 Å². The lowest BCUT2D eigenvalue weighted by molar-refractivity contribution is 0.0745. The number of carbonyl (C=O) groups excluding carboxylic acids is 1. The third-order valence-electron chi connectivity index (χ3n) is 4.53. The lowest BCUT2D eigenvalue weighted by Gasteiger charge is -2.19. The number of carbonyl (C=O) groups is 1. The van der Waals surface area contributed by atoms with Crippen LogP contribution in [0.25, 0.3) is 11.4 Å². The van der Waals surface area contributed by atoms with Gasteiger partial charge in [0.1, 0.15) is 12.3 Å². The van der Waals surface area contributed by atoms with E-state index in [9.17, 15) is 4.79 Å². The zero-order valence-corrected chi connectivity index (χ0v) is 16.3. The van der Waals surface area contributed by atoms with Crippen molar-refractivity contribution in [3.05, 3.63) is 77.7 Å². The van der Waals surface area contributed by atoms with Crippen molar-refractivity contribution in [2.24, 2.45) is 0 Å². The average molecular weight is 377 g/mol. The van der Waals surface area contributed by atoms with Gasteiger partial charge in [0.05, 0.1) is 7.11 Å². The van der Waals surface area contributed by atoms with Gasteiger partial charge < -0.3 is 14.2 Å². The van der Waals surface area contributed by atoms with Crippen molar-refractivity contribution in [2.75, 3.05) is 13.7 Å². The molecule has 0 aliphatic carbocycles. The van der Waals surface area contributed by atoms with E-state index in [0.29, 0.717) is 23.8 Å². The number of hydrogen-bond acceptors (Lipinski definition) is 5. The lowest BCUT2D eigenvalue weighted by atomic mass is 10.1. The number of benzene rings is 2. The number of amides is 1. The van der Waals surface area contributed by atoms with E-state index in [0.717, 1.165) is 22.4 Å². The van der Waals surface area contributed by atoms with E-state index in [1.807, 2.05) is 56.3 Å². The zero-order chi connectivity index (χ0) is 20.1. The standard InChI is InChI=1S/C22H23N3O3/c1-5-12-25(22(26)18-7-6-15(2)16(3)13-18)14-20-23-21(24-28-20)17-8-10-19(27-4)11-9-17/h5-11,13H,1,12,14H2,2-4H3. The molecular formula is C22H23N3O3. The fraction of sp³-hybridized carbons (Fsp3) is 0.227. The van der Waals surface area contributed by atoms with Gasteiger partial charge in [0.15, 0.2) is 0 Å². The molecule has 0 atom stereocenters. The highest BCUT2D eigenvalue weighted by molar-refractivity contribution is 5.94. The third kappa shape index (κ3) is 4.28. The van der Waals surface area contributed by atoms with Crippen LogP contribution in [0.1, 0.15) is 27.4 Å². The summed E-state index contributed by atoms with van der Waals surface area (Å²) >= 11 is 0. The molecule has 0 N–H and O–H groups in total. The van der Waals surface area contributed by atoms with Crippen LogP contribution in [0.4, 0.5) is 0 Å². The molecule has 0 aliphatic heterocycles. The van der Waals surface area contributed by atoms with Crippen LogP contribution in [0, 0.1) is 13.8 Å². The average Bonchev–Trinajstić information content (AvgIpc) is 3.18. The first-order valence-electron chi connectivity index (χ1n) is 8.96. The minimum atomic E-state index is -0.104. The maximum atomic E-state index is 12.9. The fourth-order valence-electron chi connectivity index (χ4n) is 2.77. The van der Waals surface area contributed by atoms with Gasteiger partial charge in [-0.15, -0.1) is 6.58 Å². The molecular weight excluding hydrogens is 354 g/mol. The normalized spacial score (nSPS) is 10.5. The Labute approximate surface area is 164 Å². The molecule has 144 valence electrons. The van der Waals surface area contributed by atoms with Crippen LogP contribution in [0.15, 0.2) is 59.6 Å². The number of ether oxygens (including phenoxy) is 1. The number of nitrogens with zero attached hydrogens (tertiary/aromatic N) is 3. The first kappa shape index (κ1) is 19.4. The summed E-state index contributed by atoms with van der Waals surface area (Å²) in [4.78, 5) is 19.0. The smallest absolute Gasteiger partial charge is 0.254 e. The summed E-state index contributed by atoms with van der Waals surface area (Å²) in [5, 5.41) is 4.02. The van der Waals surface area contributed by atoms with E-state index in [4.69, 9.17) is 9.26 Å². The zero-order valence-electron chi connectivity index (χ0n) is 16.3. The molecule has 1 amide bonds. The molecule has 0 aliphatic rings. The first-order chi connectivity index (χ1) is 13.5. The Morgan fingerprint density at radius 1 is 1.18 bits per heavy atom. The summed E-state index contributed by atoms with van der Waals surface area (Å²) in [5.74, 6) is 1.48. The van der Waals surface area contributed by atoms with Crippen LogP contribution in [-0.4, -0.2) is 34.6 Å². The van der Waals surface area contributed by atoms with E-state index in [1.165, 1.54) is 0 Å². The topological polar surface area (TPSA) is 68.5 Å². The van der Waals surface area contributed by atoms with Crippen LogP contribution in [-0.2, 0) is 6.54 Å². The second-order valence-electron chi connectivity index (χ2n) is 6.51. The van der Waals surface area contributed by atoms with Crippen LogP contribution >= 0.6 is 0 Å². The van der Waals surface area contributed by atoms with Crippen molar-refractivity contribution in [1.29, 1.82) is 0 Å². The molecule has 1 aromatic heterocycles. The predicted molar refractivity (Wildman–Crippen MR) is 107 cm³/mol. The summed E-state index contributed by atoms with van der Waals surface area (Å²) in [6.07, 6.45) is 1.68. The van der Waals surface area contributed by atoms with Crippen LogP contribution in [0.3, 0.4) is 0 Å². The van der Waals surface area contributed by atoms with Gasteiger partial charge in [-0.25, -0.2) is 0 Å². The summed E-state index contributed by atoms with van der Waals surface area (Å²) in [7, 11) is 1.61. The molecule has 6 nitrogen and oxygen atoms in total. The highest BCUT2D eigenvalue weighted by Gasteiger charge is 2.19. The first-order valence-corrected chi connectivity index (χ1v) is 8.96. The van der Waals surface area contributed by atoms with Crippen LogP contribution in [0.5, 0.6) is 5.75 Å². The van der Waals surface area contributed by atoms with E-state index < -0.39 is 0 Å². The highest BCUT2D eigenvalue weighted by Crippen LogP contribution is 2.20. The largest absolute Gasteiger partial charge is 0.497 e. The molecule has 3 rings (SSSR count). The summed E-state index contributed by atoms with van der Waals surface area (Å²) in [6.45, 7) is 8.34. The summed E-state index contributed by atoms with van der Waals surface area (Å²) in [6, 6.07) is 13.0. The van der Waals surface area contributed by atoms with Gasteiger partial charge >= 0.3 is 0 Å². The molecule has 0 spiro atoms. The molecule has 0 fully saturated rings. The van der Waals surface area contributed by atoms with Gasteiger partial charge in [-0.1, -0.05) is 17.3 Å². The van der Waals surface area contributed by atoms with Crippen LogP contribution < -0.4 is 4.74 Å². The Morgan fingerprint density at radius 3 is 2.57 bits per heavy atom. The summed E-state index contributed by atoms with van der Waals surface area (Å²) < 4.78 is 10.5. The Bertz CT molecular complexity index is 977. The van der Waals surface area contributed by atoms with Crippen molar-refractivity contribution < 1.29 is 14.1 Å². The second-order valence-corrected chi connectivity index (χ2v) is 6.51. The Balaban J connectivity index is 1.78. The SMILES string of the molecule is C=CCN(Cc1nc(-c2ccc(OC)cc2)no1)C(=O)c1ccc(C)c(C)c1.